The Balaban J connectivity index is 1.27. The van der Waals surface area contributed by atoms with Gasteiger partial charge < -0.3 is 28.6 Å². The fourth-order valence-corrected chi connectivity index (χ4v) is 6.65. The Morgan fingerprint density at radius 2 is 1.62 bits per heavy atom. The summed E-state index contributed by atoms with van der Waals surface area (Å²) in [5.41, 5.74) is 2.20. The van der Waals surface area contributed by atoms with Crippen molar-refractivity contribution >= 4 is 17.9 Å². The highest BCUT2D eigenvalue weighted by atomic mass is 16.5. The normalized spacial score (nSPS) is 17.6. The third kappa shape index (κ3) is 7.90. The molecule has 50 heavy (non-hydrogen) atoms. The number of benzene rings is 2. The summed E-state index contributed by atoms with van der Waals surface area (Å²) in [5.74, 6) is 1.75. The van der Waals surface area contributed by atoms with E-state index in [2.05, 4.69) is 15.2 Å². The fraction of sp³-hybridized carbons (Fsp3) is 0.444. The smallest absolute Gasteiger partial charge is 0.410 e. The Labute approximate surface area is 291 Å². The second kappa shape index (κ2) is 16.3. The summed E-state index contributed by atoms with van der Waals surface area (Å²) in [6.45, 7) is 3.24. The SMILES string of the molecule is COC(=O)N1CCCCC1C(=O)N1CCCCN(C(=O)c2cccc(-n3cnnc3)c2)CCCOc2cc(ccc2OC)-c2nccn2CC1. The lowest BCUT2D eigenvalue weighted by molar-refractivity contribution is -0.137. The number of hydrogen-bond acceptors (Lipinski definition) is 9. The van der Waals surface area contributed by atoms with Crippen molar-refractivity contribution in [3.63, 3.8) is 0 Å². The zero-order valence-corrected chi connectivity index (χ0v) is 28.6. The number of aromatic nitrogens is 5. The first-order valence-electron chi connectivity index (χ1n) is 17.2. The minimum Gasteiger partial charge on any atom is -0.493 e. The highest BCUT2D eigenvalue weighted by Gasteiger charge is 2.35. The zero-order chi connectivity index (χ0) is 34.9. The maximum atomic E-state index is 14.2. The number of likely N-dealkylation sites (tertiary alicyclic amines) is 1. The Morgan fingerprint density at radius 3 is 2.42 bits per heavy atom. The number of rotatable bonds is 4. The first kappa shape index (κ1) is 34.5. The van der Waals surface area contributed by atoms with Crippen molar-refractivity contribution in [2.45, 2.75) is 51.1 Å². The van der Waals surface area contributed by atoms with E-state index >= 15 is 0 Å². The quantitative estimate of drug-likeness (QED) is 0.308. The van der Waals surface area contributed by atoms with Crippen molar-refractivity contribution in [2.75, 3.05) is 53.6 Å². The molecule has 3 amide bonds. The number of carbonyl (C=O) groups excluding carboxylic acids is 3. The molecule has 2 aromatic carbocycles. The zero-order valence-electron chi connectivity index (χ0n) is 28.6. The van der Waals surface area contributed by atoms with Crippen molar-refractivity contribution in [3.8, 4) is 28.6 Å². The summed E-state index contributed by atoms with van der Waals surface area (Å²) in [4.78, 5) is 50.7. The highest BCUT2D eigenvalue weighted by Crippen LogP contribution is 2.32. The number of methoxy groups -OCH3 is 2. The van der Waals surface area contributed by atoms with E-state index in [1.165, 1.54) is 7.11 Å². The minimum absolute atomic E-state index is 0.0893. The largest absolute Gasteiger partial charge is 0.493 e. The second-order valence-corrected chi connectivity index (χ2v) is 12.4. The summed E-state index contributed by atoms with van der Waals surface area (Å²) in [7, 11) is 2.95. The molecule has 264 valence electrons. The van der Waals surface area contributed by atoms with Gasteiger partial charge in [-0.3, -0.25) is 19.1 Å². The van der Waals surface area contributed by atoms with Crippen LogP contribution in [0, 0.1) is 0 Å². The topological polar surface area (TPSA) is 137 Å². The van der Waals surface area contributed by atoms with Crippen molar-refractivity contribution in [3.05, 3.63) is 73.1 Å². The van der Waals surface area contributed by atoms with Gasteiger partial charge >= 0.3 is 6.09 Å². The van der Waals surface area contributed by atoms with Crippen LogP contribution in [0.1, 0.15) is 48.9 Å². The van der Waals surface area contributed by atoms with Crippen LogP contribution in [0.15, 0.2) is 67.5 Å². The molecule has 6 rings (SSSR count). The molecule has 4 aromatic rings. The van der Waals surface area contributed by atoms with Crippen LogP contribution in [-0.4, -0.2) is 117 Å². The van der Waals surface area contributed by atoms with Gasteiger partial charge in [-0.2, -0.15) is 0 Å². The molecule has 1 saturated heterocycles. The van der Waals surface area contributed by atoms with E-state index in [4.69, 9.17) is 14.2 Å². The van der Waals surface area contributed by atoms with E-state index in [1.807, 2.05) is 63.0 Å². The molecule has 4 heterocycles. The van der Waals surface area contributed by atoms with E-state index in [0.29, 0.717) is 88.6 Å². The summed E-state index contributed by atoms with van der Waals surface area (Å²) in [6.07, 6.45) is 10.6. The lowest BCUT2D eigenvalue weighted by atomic mass is 10.0. The predicted molar refractivity (Wildman–Crippen MR) is 184 cm³/mol. The number of imidazole rings is 1. The van der Waals surface area contributed by atoms with E-state index in [9.17, 15) is 14.4 Å². The molecule has 2 aromatic heterocycles. The van der Waals surface area contributed by atoms with Crippen molar-refractivity contribution < 1.29 is 28.6 Å². The van der Waals surface area contributed by atoms with Gasteiger partial charge in [0.15, 0.2) is 11.5 Å². The van der Waals surface area contributed by atoms with E-state index in [1.54, 1.807) is 35.4 Å². The maximum Gasteiger partial charge on any atom is 0.410 e. The first-order chi connectivity index (χ1) is 24.5. The Hall–Kier alpha value is -5.40. The summed E-state index contributed by atoms with van der Waals surface area (Å²) in [5, 5.41) is 7.77. The number of ether oxygens (including phenoxy) is 3. The van der Waals surface area contributed by atoms with E-state index in [-0.39, 0.29) is 11.8 Å². The molecule has 14 heteroatoms. The molecule has 0 spiro atoms. The van der Waals surface area contributed by atoms with Crippen molar-refractivity contribution in [1.82, 2.24) is 39.0 Å². The minimum atomic E-state index is -0.579. The molecule has 0 aliphatic carbocycles. The Morgan fingerprint density at radius 1 is 0.840 bits per heavy atom. The third-order valence-corrected chi connectivity index (χ3v) is 9.29. The lowest BCUT2D eigenvalue weighted by Gasteiger charge is -2.37. The number of hydrogen-bond donors (Lipinski definition) is 0. The van der Waals surface area contributed by atoms with Crippen LogP contribution in [-0.2, 0) is 16.1 Å². The van der Waals surface area contributed by atoms with Gasteiger partial charge in [-0.25, -0.2) is 9.78 Å². The highest BCUT2D eigenvalue weighted by molar-refractivity contribution is 5.94. The molecular formula is C36H44N8O6. The average molecular weight is 685 g/mol. The monoisotopic (exact) mass is 684 g/mol. The van der Waals surface area contributed by atoms with Gasteiger partial charge in [0.25, 0.3) is 5.91 Å². The molecule has 0 radical (unpaired) electrons. The van der Waals surface area contributed by atoms with Gasteiger partial charge in [0, 0.05) is 68.5 Å². The fourth-order valence-electron chi connectivity index (χ4n) is 6.65. The molecule has 2 aliphatic heterocycles. The molecule has 2 aliphatic rings. The van der Waals surface area contributed by atoms with Crippen LogP contribution in [0.25, 0.3) is 17.1 Å². The molecule has 14 nitrogen and oxygen atoms in total. The van der Waals surface area contributed by atoms with Crippen LogP contribution in [0.5, 0.6) is 11.5 Å². The lowest BCUT2D eigenvalue weighted by Crippen LogP contribution is -2.53. The average Bonchev–Trinajstić information content (AvgIpc) is 3.87. The van der Waals surface area contributed by atoms with Gasteiger partial charge in [0.05, 0.1) is 20.8 Å². The molecule has 1 unspecified atom stereocenters. The van der Waals surface area contributed by atoms with Crippen molar-refractivity contribution in [2.24, 2.45) is 0 Å². The molecule has 0 N–H and O–H groups in total. The van der Waals surface area contributed by atoms with Gasteiger partial charge in [0.1, 0.15) is 24.5 Å². The van der Waals surface area contributed by atoms with Gasteiger partial charge in [-0.15, -0.1) is 10.2 Å². The van der Waals surface area contributed by atoms with Crippen LogP contribution in [0.2, 0.25) is 0 Å². The predicted octanol–water partition coefficient (Wildman–Crippen LogP) is 4.29. The Kier molecular flexibility index (Phi) is 11.3. The molecule has 2 bridgehead atoms. The number of nitrogens with zero attached hydrogens (tertiary/aromatic N) is 8. The number of fused-ring (bicyclic) bond motifs is 4. The Bertz CT molecular complexity index is 1760. The van der Waals surface area contributed by atoms with E-state index in [0.717, 1.165) is 29.9 Å². The van der Waals surface area contributed by atoms with Crippen LogP contribution >= 0.6 is 0 Å². The van der Waals surface area contributed by atoms with Gasteiger partial charge in [0.2, 0.25) is 5.91 Å². The van der Waals surface area contributed by atoms with Crippen LogP contribution in [0.3, 0.4) is 0 Å². The maximum absolute atomic E-state index is 14.2. The first-order valence-corrected chi connectivity index (χ1v) is 17.2. The molecule has 0 saturated carbocycles. The summed E-state index contributed by atoms with van der Waals surface area (Å²) < 4.78 is 20.7. The summed E-state index contributed by atoms with van der Waals surface area (Å²) >= 11 is 0. The van der Waals surface area contributed by atoms with Crippen LogP contribution in [0.4, 0.5) is 4.79 Å². The summed E-state index contributed by atoms with van der Waals surface area (Å²) in [6, 6.07) is 12.5. The van der Waals surface area contributed by atoms with Gasteiger partial charge in [-0.1, -0.05) is 6.07 Å². The second-order valence-electron chi connectivity index (χ2n) is 12.4. The molecule has 1 atom stereocenters. The molecular weight excluding hydrogens is 640 g/mol. The third-order valence-electron chi connectivity index (χ3n) is 9.29. The van der Waals surface area contributed by atoms with Crippen LogP contribution < -0.4 is 9.47 Å². The van der Waals surface area contributed by atoms with Crippen molar-refractivity contribution in [1.29, 1.82) is 0 Å². The van der Waals surface area contributed by atoms with E-state index < -0.39 is 12.1 Å². The number of piperidine rings is 1. The van der Waals surface area contributed by atoms with Gasteiger partial charge in [-0.05, 0) is 74.9 Å². The number of carbonyl (C=O) groups is 3. The molecule has 1 fully saturated rings. The number of amides is 3. The standard InChI is InChI=1S/C36H44N8O6/c1-48-31-13-12-27-24-32(31)50-22-8-17-41(34(45)28-9-7-10-29(23-28)43-25-38-39-26-43)15-5-6-16-42(21-20-40-19-14-37-33(27)40)35(46)30-11-3-4-18-44(30)36(47)49-2/h7,9-10,12-14,19,23-26,30H,3-6,8,11,15-18,20-22H2,1-2H3.